The Balaban J connectivity index is 1.96. The van der Waals surface area contributed by atoms with E-state index < -0.39 is 12.1 Å². The molecule has 104 valence electrons. The minimum atomic E-state index is -0.872. The Bertz CT molecular complexity index is 406. The SMILES string of the molecule is CCOC(CN1CCc2ccccc2CC1)C(=O)O. The lowest BCUT2D eigenvalue weighted by Gasteiger charge is -2.23. The highest BCUT2D eigenvalue weighted by atomic mass is 16.5. The third-order valence-electron chi connectivity index (χ3n) is 3.58. The number of fused-ring (bicyclic) bond motifs is 1. The molecule has 0 radical (unpaired) electrons. The molecular formula is C15H21NO3. The molecule has 1 heterocycles. The fraction of sp³-hybridized carbons (Fsp3) is 0.533. The fourth-order valence-corrected chi connectivity index (χ4v) is 2.53. The van der Waals surface area contributed by atoms with Crippen LogP contribution in [0.5, 0.6) is 0 Å². The minimum absolute atomic E-state index is 0.436. The summed E-state index contributed by atoms with van der Waals surface area (Å²) < 4.78 is 5.28. The summed E-state index contributed by atoms with van der Waals surface area (Å²) in [6.45, 7) is 4.53. The molecule has 0 saturated carbocycles. The van der Waals surface area contributed by atoms with Crippen LogP contribution in [0.25, 0.3) is 0 Å². The van der Waals surface area contributed by atoms with Crippen LogP contribution in [0.1, 0.15) is 18.1 Å². The number of ether oxygens (including phenoxy) is 1. The summed E-state index contributed by atoms with van der Waals surface area (Å²) in [5, 5.41) is 9.13. The maximum Gasteiger partial charge on any atom is 0.334 e. The molecule has 0 aromatic heterocycles. The highest BCUT2D eigenvalue weighted by Gasteiger charge is 2.22. The lowest BCUT2D eigenvalue weighted by Crippen LogP contribution is -2.40. The number of aliphatic carboxylic acids is 1. The minimum Gasteiger partial charge on any atom is -0.479 e. The number of rotatable bonds is 5. The maximum atomic E-state index is 11.1. The Hall–Kier alpha value is -1.39. The van der Waals surface area contributed by atoms with E-state index >= 15 is 0 Å². The molecule has 0 aliphatic carbocycles. The van der Waals surface area contributed by atoms with Crippen LogP contribution in [-0.4, -0.2) is 48.3 Å². The molecule has 0 amide bonds. The van der Waals surface area contributed by atoms with Gasteiger partial charge < -0.3 is 9.84 Å². The summed E-state index contributed by atoms with van der Waals surface area (Å²) in [6, 6.07) is 8.45. The van der Waals surface area contributed by atoms with E-state index in [9.17, 15) is 4.79 Å². The summed E-state index contributed by atoms with van der Waals surface area (Å²) in [6.07, 6.45) is 1.25. The number of carbonyl (C=O) groups is 1. The second-order valence-electron chi connectivity index (χ2n) is 4.85. The van der Waals surface area contributed by atoms with Gasteiger partial charge in [0.05, 0.1) is 0 Å². The third kappa shape index (κ3) is 3.78. The van der Waals surface area contributed by atoms with Gasteiger partial charge in [-0.3, -0.25) is 4.90 Å². The van der Waals surface area contributed by atoms with Crippen molar-refractivity contribution in [1.29, 1.82) is 0 Å². The van der Waals surface area contributed by atoms with E-state index in [2.05, 4.69) is 29.2 Å². The fourth-order valence-electron chi connectivity index (χ4n) is 2.53. The summed E-state index contributed by atoms with van der Waals surface area (Å²) in [4.78, 5) is 13.3. The molecule has 1 atom stereocenters. The number of hydrogen-bond donors (Lipinski definition) is 1. The number of hydrogen-bond acceptors (Lipinski definition) is 3. The number of nitrogens with zero attached hydrogens (tertiary/aromatic N) is 1. The zero-order chi connectivity index (χ0) is 13.7. The summed E-state index contributed by atoms with van der Waals surface area (Å²) in [5.74, 6) is -0.872. The molecule has 2 rings (SSSR count). The average Bonchev–Trinajstić information content (AvgIpc) is 2.61. The van der Waals surface area contributed by atoms with Crippen LogP contribution in [0.3, 0.4) is 0 Å². The van der Waals surface area contributed by atoms with E-state index in [-0.39, 0.29) is 0 Å². The predicted octanol–water partition coefficient (Wildman–Crippen LogP) is 1.58. The van der Waals surface area contributed by atoms with Gasteiger partial charge in [0.25, 0.3) is 0 Å². The molecule has 0 saturated heterocycles. The van der Waals surface area contributed by atoms with E-state index in [1.807, 2.05) is 6.92 Å². The number of benzene rings is 1. The second-order valence-corrected chi connectivity index (χ2v) is 4.85. The van der Waals surface area contributed by atoms with Gasteiger partial charge in [0.15, 0.2) is 6.10 Å². The number of carboxylic acid groups (broad SMARTS) is 1. The van der Waals surface area contributed by atoms with Gasteiger partial charge in [-0.1, -0.05) is 24.3 Å². The van der Waals surface area contributed by atoms with Gasteiger partial charge in [0.1, 0.15) is 0 Å². The Morgan fingerprint density at radius 3 is 2.37 bits per heavy atom. The normalized spacial score (nSPS) is 17.5. The highest BCUT2D eigenvalue weighted by molar-refractivity contribution is 5.72. The number of carboxylic acids is 1. The molecule has 1 unspecified atom stereocenters. The first kappa shape index (κ1) is 14.0. The Kier molecular flexibility index (Phi) is 4.93. The molecule has 0 spiro atoms. The van der Waals surface area contributed by atoms with Crippen molar-refractivity contribution >= 4 is 5.97 Å². The van der Waals surface area contributed by atoms with Crippen LogP contribution in [0, 0.1) is 0 Å². The molecule has 1 N–H and O–H groups in total. The van der Waals surface area contributed by atoms with Crippen molar-refractivity contribution in [3.8, 4) is 0 Å². The standard InChI is InChI=1S/C15H21NO3/c1-2-19-14(15(17)18)11-16-9-7-12-5-3-4-6-13(12)8-10-16/h3-6,14H,2,7-11H2,1H3,(H,17,18). The van der Waals surface area contributed by atoms with Crippen molar-refractivity contribution in [2.24, 2.45) is 0 Å². The molecule has 1 aromatic carbocycles. The first-order valence-electron chi connectivity index (χ1n) is 6.84. The first-order valence-corrected chi connectivity index (χ1v) is 6.84. The van der Waals surface area contributed by atoms with Crippen molar-refractivity contribution in [3.05, 3.63) is 35.4 Å². The van der Waals surface area contributed by atoms with E-state index in [1.54, 1.807) is 0 Å². The predicted molar refractivity (Wildman–Crippen MR) is 73.3 cm³/mol. The summed E-state index contributed by atoms with van der Waals surface area (Å²) in [7, 11) is 0. The first-order chi connectivity index (χ1) is 9.20. The van der Waals surface area contributed by atoms with Gasteiger partial charge >= 0.3 is 5.97 Å². The van der Waals surface area contributed by atoms with Crippen molar-refractivity contribution < 1.29 is 14.6 Å². The van der Waals surface area contributed by atoms with Gasteiger partial charge in [0, 0.05) is 26.2 Å². The van der Waals surface area contributed by atoms with Gasteiger partial charge in [0.2, 0.25) is 0 Å². The zero-order valence-corrected chi connectivity index (χ0v) is 11.3. The second kappa shape index (κ2) is 6.68. The Labute approximate surface area is 114 Å². The monoisotopic (exact) mass is 263 g/mol. The van der Waals surface area contributed by atoms with E-state index in [1.165, 1.54) is 11.1 Å². The Morgan fingerprint density at radius 2 is 1.89 bits per heavy atom. The lowest BCUT2D eigenvalue weighted by molar-refractivity contribution is -0.151. The van der Waals surface area contributed by atoms with E-state index in [4.69, 9.17) is 9.84 Å². The average molecular weight is 263 g/mol. The molecule has 0 fully saturated rings. The van der Waals surface area contributed by atoms with E-state index in [0.29, 0.717) is 13.2 Å². The van der Waals surface area contributed by atoms with Crippen molar-refractivity contribution in [1.82, 2.24) is 4.90 Å². The molecule has 4 nitrogen and oxygen atoms in total. The van der Waals surface area contributed by atoms with Crippen LogP contribution in [0.2, 0.25) is 0 Å². The smallest absolute Gasteiger partial charge is 0.334 e. The topological polar surface area (TPSA) is 49.8 Å². The molecule has 4 heteroatoms. The molecule has 1 aromatic rings. The van der Waals surface area contributed by atoms with Gasteiger partial charge in [-0.15, -0.1) is 0 Å². The lowest BCUT2D eigenvalue weighted by atomic mass is 10.0. The zero-order valence-electron chi connectivity index (χ0n) is 11.3. The quantitative estimate of drug-likeness (QED) is 0.876. The van der Waals surface area contributed by atoms with Gasteiger partial charge in [-0.25, -0.2) is 4.79 Å². The summed E-state index contributed by atoms with van der Waals surface area (Å²) in [5.41, 5.74) is 2.77. The molecule has 1 aliphatic rings. The van der Waals surface area contributed by atoms with Crippen LogP contribution in [-0.2, 0) is 22.4 Å². The molecular weight excluding hydrogens is 242 g/mol. The van der Waals surface area contributed by atoms with Crippen LogP contribution < -0.4 is 0 Å². The summed E-state index contributed by atoms with van der Waals surface area (Å²) >= 11 is 0. The maximum absolute atomic E-state index is 11.1. The van der Waals surface area contributed by atoms with Crippen LogP contribution in [0.4, 0.5) is 0 Å². The molecule has 1 aliphatic heterocycles. The van der Waals surface area contributed by atoms with Crippen molar-refractivity contribution in [3.63, 3.8) is 0 Å². The van der Waals surface area contributed by atoms with Gasteiger partial charge in [-0.2, -0.15) is 0 Å². The highest BCUT2D eigenvalue weighted by Crippen LogP contribution is 2.15. The largest absolute Gasteiger partial charge is 0.479 e. The van der Waals surface area contributed by atoms with Gasteiger partial charge in [-0.05, 0) is 30.9 Å². The molecule has 0 bridgehead atoms. The third-order valence-corrected chi connectivity index (χ3v) is 3.58. The van der Waals surface area contributed by atoms with Crippen molar-refractivity contribution in [2.45, 2.75) is 25.9 Å². The van der Waals surface area contributed by atoms with Crippen LogP contribution in [0.15, 0.2) is 24.3 Å². The van der Waals surface area contributed by atoms with Crippen molar-refractivity contribution in [2.75, 3.05) is 26.2 Å². The van der Waals surface area contributed by atoms with E-state index in [0.717, 1.165) is 25.9 Å². The van der Waals surface area contributed by atoms with Crippen LogP contribution >= 0.6 is 0 Å². The Morgan fingerprint density at radius 1 is 1.32 bits per heavy atom. The molecule has 19 heavy (non-hydrogen) atoms.